The number of aromatic nitrogens is 1. The van der Waals surface area contributed by atoms with E-state index in [0.717, 1.165) is 13.1 Å². The largest absolute Gasteiger partial charge is 0.360 e. The van der Waals surface area contributed by atoms with Crippen molar-refractivity contribution in [3.63, 3.8) is 0 Å². The zero-order valence-corrected chi connectivity index (χ0v) is 11.0. The molecule has 1 saturated heterocycles. The minimum absolute atomic E-state index is 0.232. The van der Waals surface area contributed by atoms with Gasteiger partial charge in [-0.15, -0.1) is 0 Å². The summed E-state index contributed by atoms with van der Waals surface area (Å²) in [4.78, 5) is 25.4. The molecule has 2 heterocycles. The number of hydrogen-bond donors (Lipinski definition) is 2. The maximum Gasteiger partial charge on any atom is 0.323 e. The lowest BCUT2D eigenvalue weighted by Crippen LogP contribution is -2.54. The third kappa shape index (κ3) is 3.76. The van der Waals surface area contributed by atoms with Crippen LogP contribution in [0.1, 0.15) is 5.76 Å². The molecule has 8 heteroatoms. The molecule has 1 aromatic rings. The van der Waals surface area contributed by atoms with Gasteiger partial charge in [-0.05, 0) is 14.0 Å². The summed E-state index contributed by atoms with van der Waals surface area (Å²) in [5.41, 5.74) is 2.56. The molecule has 0 saturated carbocycles. The first-order valence-electron chi connectivity index (χ1n) is 6.03. The van der Waals surface area contributed by atoms with E-state index < -0.39 is 11.8 Å². The molecule has 8 nitrogen and oxygen atoms in total. The molecule has 0 bridgehead atoms. The number of anilines is 1. The van der Waals surface area contributed by atoms with Crippen molar-refractivity contribution >= 4 is 17.6 Å². The lowest BCUT2D eigenvalue weighted by molar-refractivity contribution is -0.139. The van der Waals surface area contributed by atoms with Gasteiger partial charge in [0.1, 0.15) is 5.76 Å². The number of likely N-dealkylation sites (N-methyl/N-ethyl adjacent to an activating group) is 1. The third-order valence-electron chi connectivity index (χ3n) is 2.84. The summed E-state index contributed by atoms with van der Waals surface area (Å²) >= 11 is 0. The number of carbonyl (C=O) groups is 2. The maximum atomic E-state index is 11.7. The van der Waals surface area contributed by atoms with E-state index in [2.05, 4.69) is 20.8 Å². The highest BCUT2D eigenvalue weighted by Gasteiger charge is 2.20. The Morgan fingerprint density at radius 1 is 1.26 bits per heavy atom. The van der Waals surface area contributed by atoms with Gasteiger partial charge in [0, 0.05) is 32.2 Å². The summed E-state index contributed by atoms with van der Waals surface area (Å²) in [6, 6.07) is 1.54. The molecule has 2 rings (SSSR count). The summed E-state index contributed by atoms with van der Waals surface area (Å²) in [6.07, 6.45) is 0. The first-order chi connectivity index (χ1) is 9.04. The van der Waals surface area contributed by atoms with Gasteiger partial charge in [-0.25, -0.2) is 5.01 Å². The number of aryl methyl sites for hydroxylation is 1. The van der Waals surface area contributed by atoms with E-state index in [1.165, 1.54) is 0 Å². The Labute approximate surface area is 110 Å². The molecule has 0 aromatic carbocycles. The molecule has 2 amide bonds. The van der Waals surface area contributed by atoms with Gasteiger partial charge in [0.2, 0.25) is 0 Å². The van der Waals surface area contributed by atoms with Crippen LogP contribution >= 0.6 is 0 Å². The maximum absolute atomic E-state index is 11.7. The van der Waals surface area contributed by atoms with Crippen LogP contribution in [0, 0.1) is 6.92 Å². The Hall–Kier alpha value is -1.93. The first-order valence-corrected chi connectivity index (χ1v) is 6.03. The topological polar surface area (TPSA) is 90.7 Å². The Kier molecular flexibility index (Phi) is 4.13. The van der Waals surface area contributed by atoms with Gasteiger partial charge in [-0.3, -0.25) is 20.3 Å². The van der Waals surface area contributed by atoms with Crippen LogP contribution in [-0.4, -0.2) is 60.1 Å². The SMILES string of the molecule is Cc1cc(NC(=O)C(=O)NN2CCN(C)CC2)no1. The minimum Gasteiger partial charge on any atom is -0.360 e. The average molecular weight is 267 g/mol. The molecule has 0 unspecified atom stereocenters. The molecule has 1 fully saturated rings. The van der Waals surface area contributed by atoms with Gasteiger partial charge in [0.25, 0.3) is 0 Å². The van der Waals surface area contributed by atoms with Crippen LogP contribution in [0.25, 0.3) is 0 Å². The van der Waals surface area contributed by atoms with Crippen LogP contribution in [0.2, 0.25) is 0 Å². The smallest absolute Gasteiger partial charge is 0.323 e. The standard InChI is InChI=1S/C11H17N5O3/c1-8-7-9(14-19-8)12-10(17)11(18)13-16-5-3-15(2)4-6-16/h7H,3-6H2,1-2H3,(H,13,18)(H,12,14,17). The number of hydrazine groups is 1. The van der Waals surface area contributed by atoms with E-state index >= 15 is 0 Å². The summed E-state index contributed by atoms with van der Waals surface area (Å²) in [5.74, 6) is -0.664. The van der Waals surface area contributed by atoms with Crippen LogP contribution in [0.3, 0.4) is 0 Å². The Bertz CT molecular complexity index is 465. The molecule has 0 atom stereocenters. The average Bonchev–Trinajstić information content (AvgIpc) is 2.77. The molecule has 104 valence electrons. The molecular weight excluding hydrogens is 250 g/mol. The van der Waals surface area contributed by atoms with E-state index in [9.17, 15) is 9.59 Å². The monoisotopic (exact) mass is 267 g/mol. The van der Waals surface area contributed by atoms with Gasteiger partial charge in [0.15, 0.2) is 5.82 Å². The van der Waals surface area contributed by atoms with E-state index in [1.54, 1.807) is 18.0 Å². The minimum atomic E-state index is -0.757. The van der Waals surface area contributed by atoms with Crippen molar-refractivity contribution in [1.29, 1.82) is 0 Å². The lowest BCUT2D eigenvalue weighted by Gasteiger charge is -2.31. The highest BCUT2D eigenvalue weighted by molar-refractivity contribution is 6.39. The van der Waals surface area contributed by atoms with Crippen molar-refractivity contribution in [2.45, 2.75) is 6.92 Å². The van der Waals surface area contributed by atoms with Crippen molar-refractivity contribution in [3.8, 4) is 0 Å². The highest BCUT2D eigenvalue weighted by atomic mass is 16.5. The van der Waals surface area contributed by atoms with Crippen LogP contribution in [-0.2, 0) is 9.59 Å². The van der Waals surface area contributed by atoms with Crippen molar-refractivity contribution < 1.29 is 14.1 Å². The van der Waals surface area contributed by atoms with Gasteiger partial charge < -0.3 is 9.42 Å². The normalized spacial score (nSPS) is 17.2. The summed E-state index contributed by atoms with van der Waals surface area (Å²) in [5, 5.41) is 7.69. The third-order valence-corrected chi connectivity index (χ3v) is 2.84. The highest BCUT2D eigenvalue weighted by Crippen LogP contribution is 2.06. The van der Waals surface area contributed by atoms with Gasteiger partial charge >= 0.3 is 11.8 Å². The fraction of sp³-hybridized carbons (Fsp3) is 0.545. The van der Waals surface area contributed by atoms with Crippen LogP contribution in [0.15, 0.2) is 10.6 Å². The number of hydrogen-bond acceptors (Lipinski definition) is 6. The molecule has 2 N–H and O–H groups in total. The molecule has 1 aromatic heterocycles. The Morgan fingerprint density at radius 3 is 2.53 bits per heavy atom. The quantitative estimate of drug-likeness (QED) is 0.682. The van der Waals surface area contributed by atoms with Crippen LogP contribution in [0.4, 0.5) is 5.82 Å². The lowest BCUT2D eigenvalue weighted by atomic mass is 10.4. The first kappa shape index (κ1) is 13.5. The number of nitrogens with zero attached hydrogens (tertiary/aromatic N) is 3. The Balaban J connectivity index is 1.81. The van der Waals surface area contributed by atoms with E-state index in [-0.39, 0.29) is 5.82 Å². The molecule has 0 spiro atoms. The van der Waals surface area contributed by atoms with Gasteiger partial charge in [-0.2, -0.15) is 0 Å². The molecule has 1 aliphatic heterocycles. The molecule has 0 radical (unpaired) electrons. The van der Waals surface area contributed by atoms with E-state index in [0.29, 0.717) is 18.8 Å². The van der Waals surface area contributed by atoms with Crippen molar-refractivity contribution in [3.05, 3.63) is 11.8 Å². The molecule has 19 heavy (non-hydrogen) atoms. The van der Waals surface area contributed by atoms with Gasteiger partial charge in [0.05, 0.1) is 0 Å². The van der Waals surface area contributed by atoms with Crippen LogP contribution in [0.5, 0.6) is 0 Å². The van der Waals surface area contributed by atoms with Gasteiger partial charge in [-0.1, -0.05) is 5.16 Å². The van der Waals surface area contributed by atoms with Crippen LogP contribution < -0.4 is 10.7 Å². The fourth-order valence-corrected chi connectivity index (χ4v) is 1.71. The number of nitrogens with one attached hydrogen (secondary N) is 2. The predicted octanol–water partition coefficient (Wildman–Crippen LogP) is -0.800. The predicted molar refractivity (Wildman–Crippen MR) is 67.1 cm³/mol. The number of piperazine rings is 1. The van der Waals surface area contributed by atoms with Crippen molar-refractivity contribution in [2.75, 3.05) is 38.5 Å². The zero-order valence-electron chi connectivity index (χ0n) is 11.0. The second-order valence-electron chi connectivity index (χ2n) is 4.51. The number of rotatable bonds is 2. The second-order valence-corrected chi connectivity index (χ2v) is 4.51. The summed E-state index contributed by atoms with van der Waals surface area (Å²) in [7, 11) is 2.01. The number of amides is 2. The van der Waals surface area contributed by atoms with E-state index in [4.69, 9.17) is 4.52 Å². The molecule has 1 aliphatic rings. The Morgan fingerprint density at radius 2 is 1.95 bits per heavy atom. The van der Waals surface area contributed by atoms with E-state index in [1.807, 2.05) is 7.05 Å². The molecular formula is C11H17N5O3. The second kappa shape index (κ2) is 5.81. The zero-order chi connectivity index (χ0) is 13.8. The summed E-state index contributed by atoms with van der Waals surface area (Å²) < 4.78 is 4.79. The fourth-order valence-electron chi connectivity index (χ4n) is 1.71. The van der Waals surface area contributed by atoms with Crippen molar-refractivity contribution in [2.24, 2.45) is 0 Å². The van der Waals surface area contributed by atoms with Crippen molar-refractivity contribution in [1.82, 2.24) is 20.5 Å². The number of carbonyl (C=O) groups excluding carboxylic acids is 2. The summed E-state index contributed by atoms with van der Waals surface area (Å²) in [6.45, 7) is 4.79. The molecule has 0 aliphatic carbocycles.